The van der Waals surface area contributed by atoms with Crippen molar-refractivity contribution in [1.29, 1.82) is 0 Å². The van der Waals surface area contributed by atoms with Gasteiger partial charge in [0.05, 0.1) is 6.61 Å². The second kappa shape index (κ2) is 12.3. The fraction of sp³-hybridized carbons (Fsp3) is 0.600. The molecule has 31 heavy (non-hydrogen) atoms. The first-order chi connectivity index (χ1) is 15.2. The maximum atomic E-state index is 5.80. The lowest BCUT2D eigenvalue weighted by Crippen LogP contribution is -2.29. The molecule has 1 aliphatic carbocycles. The molecule has 1 aliphatic rings. The fourth-order valence-electron chi connectivity index (χ4n) is 5.30. The van der Waals surface area contributed by atoms with E-state index in [2.05, 4.69) is 63.2 Å². The first-order valence-electron chi connectivity index (χ1n) is 13.0. The van der Waals surface area contributed by atoms with Crippen LogP contribution in [-0.4, -0.2) is 6.61 Å². The minimum absolute atomic E-state index is 0.449. The third-order valence-corrected chi connectivity index (χ3v) is 7.40. The lowest BCUT2D eigenvalue weighted by atomic mass is 9.66. The molecule has 170 valence electrons. The minimum Gasteiger partial charge on any atom is -0.494 e. The van der Waals surface area contributed by atoms with Crippen LogP contribution in [0.3, 0.4) is 0 Å². The van der Waals surface area contributed by atoms with Crippen LogP contribution in [0.15, 0.2) is 42.5 Å². The number of benzene rings is 2. The minimum atomic E-state index is 0.449. The summed E-state index contributed by atoms with van der Waals surface area (Å²) in [6.45, 7) is 7.66. The molecule has 3 rings (SSSR count). The van der Waals surface area contributed by atoms with E-state index in [-0.39, 0.29) is 0 Å². The van der Waals surface area contributed by atoms with Crippen molar-refractivity contribution < 1.29 is 4.74 Å². The standard InChI is InChI=1S/C30H44O/c1-4-6-9-20-30(21-10-8-11-22-30)28-17-16-27(25(3)24-28)15-12-26-13-18-29(19-14-26)31-23-7-5-2/h13-14,16-19,24H,4-12,15,20-23H2,1-3H3. The number of unbranched alkanes of at least 4 members (excludes halogenated alkanes) is 3. The zero-order chi connectivity index (χ0) is 21.9. The van der Waals surface area contributed by atoms with Crippen molar-refractivity contribution >= 4 is 0 Å². The largest absolute Gasteiger partial charge is 0.494 e. The van der Waals surface area contributed by atoms with Crippen molar-refractivity contribution in [3.8, 4) is 5.75 Å². The van der Waals surface area contributed by atoms with Crippen LogP contribution in [0.5, 0.6) is 5.75 Å². The van der Waals surface area contributed by atoms with Gasteiger partial charge in [0.1, 0.15) is 5.75 Å². The molecule has 0 atom stereocenters. The van der Waals surface area contributed by atoms with Gasteiger partial charge in [-0.2, -0.15) is 0 Å². The van der Waals surface area contributed by atoms with Crippen molar-refractivity contribution in [2.75, 3.05) is 6.61 Å². The Labute approximate surface area is 191 Å². The summed E-state index contributed by atoms with van der Waals surface area (Å²) in [4.78, 5) is 0. The smallest absolute Gasteiger partial charge is 0.119 e. The predicted octanol–water partition coefficient (Wildman–Crippen LogP) is 8.74. The number of ether oxygens (including phenoxy) is 1. The number of hydrogen-bond acceptors (Lipinski definition) is 1. The van der Waals surface area contributed by atoms with E-state index < -0.39 is 0 Å². The molecule has 0 unspecified atom stereocenters. The molecule has 0 radical (unpaired) electrons. The summed E-state index contributed by atoms with van der Waals surface area (Å²) in [6.07, 6.45) is 17.0. The highest BCUT2D eigenvalue weighted by molar-refractivity contribution is 5.37. The Morgan fingerprint density at radius 1 is 0.806 bits per heavy atom. The van der Waals surface area contributed by atoms with Crippen LogP contribution in [0, 0.1) is 6.92 Å². The Hall–Kier alpha value is -1.76. The molecule has 0 amide bonds. The summed E-state index contributed by atoms with van der Waals surface area (Å²) in [7, 11) is 0. The van der Waals surface area contributed by atoms with Crippen LogP contribution in [0.1, 0.15) is 107 Å². The van der Waals surface area contributed by atoms with Gasteiger partial charge in [0, 0.05) is 0 Å². The number of hydrogen-bond donors (Lipinski definition) is 0. The van der Waals surface area contributed by atoms with Crippen LogP contribution in [-0.2, 0) is 18.3 Å². The maximum Gasteiger partial charge on any atom is 0.119 e. The number of aryl methyl sites for hydroxylation is 3. The summed E-state index contributed by atoms with van der Waals surface area (Å²) >= 11 is 0. The molecule has 0 spiro atoms. The van der Waals surface area contributed by atoms with E-state index in [1.807, 2.05) is 0 Å². The normalized spacial score (nSPS) is 15.7. The molecule has 1 nitrogen and oxygen atoms in total. The Kier molecular flexibility index (Phi) is 9.50. The van der Waals surface area contributed by atoms with Crippen LogP contribution < -0.4 is 4.74 Å². The van der Waals surface area contributed by atoms with Gasteiger partial charge >= 0.3 is 0 Å². The van der Waals surface area contributed by atoms with Crippen molar-refractivity contribution in [1.82, 2.24) is 0 Å². The summed E-state index contributed by atoms with van der Waals surface area (Å²) in [6, 6.07) is 16.2. The topological polar surface area (TPSA) is 9.23 Å². The van der Waals surface area contributed by atoms with E-state index in [9.17, 15) is 0 Å². The van der Waals surface area contributed by atoms with Gasteiger partial charge in [-0.25, -0.2) is 0 Å². The molecule has 2 aromatic carbocycles. The maximum absolute atomic E-state index is 5.80. The van der Waals surface area contributed by atoms with Gasteiger partial charge in [-0.1, -0.05) is 89.1 Å². The van der Waals surface area contributed by atoms with E-state index in [4.69, 9.17) is 4.74 Å². The van der Waals surface area contributed by atoms with Crippen molar-refractivity contribution in [2.45, 2.75) is 110 Å². The SMILES string of the molecule is CCCCCC1(c2ccc(CCc3ccc(OCCCC)cc3)c(C)c2)CCCCC1. The first kappa shape index (κ1) is 23.9. The van der Waals surface area contributed by atoms with Gasteiger partial charge < -0.3 is 4.74 Å². The van der Waals surface area contributed by atoms with Gasteiger partial charge in [0.15, 0.2) is 0 Å². The van der Waals surface area contributed by atoms with Gasteiger partial charge in [0.2, 0.25) is 0 Å². The molecular formula is C30H44O. The molecule has 1 saturated carbocycles. The Morgan fingerprint density at radius 2 is 1.55 bits per heavy atom. The van der Waals surface area contributed by atoms with Crippen molar-refractivity contribution in [3.63, 3.8) is 0 Å². The second-order valence-corrected chi connectivity index (χ2v) is 9.79. The van der Waals surface area contributed by atoms with E-state index in [0.717, 1.165) is 31.6 Å². The molecule has 0 N–H and O–H groups in total. The highest BCUT2D eigenvalue weighted by atomic mass is 16.5. The highest BCUT2D eigenvalue weighted by Gasteiger charge is 2.33. The van der Waals surface area contributed by atoms with Crippen molar-refractivity contribution in [2.24, 2.45) is 0 Å². The monoisotopic (exact) mass is 420 g/mol. The van der Waals surface area contributed by atoms with Crippen LogP contribution in [0.4, 0.5) is 0 Å². The molecule has 2 aromatic rings. The van der Waals surface area contributed by atoms with Crippen LogP contribution in [0.25, 0.3) is 0 Å². The number of rotatable bonds is 12. The summed E-state index contributed by atoms with van der Waals surface area (Å²) in [5.74, 6) is 0.999. The van der Waals surface area contributed by atoms with Crippen molar-refractivity contribution in [3.05, 3.63) is 64.7 Å². The third-order valence-electron chi connectivity index (χ3n) is 7.40. The molecule has 1 fully saturated rings. The molecule has 0 aromatic heterocycles. The molecule has 0 bridgehead atoms. The Balaban J connectivity index is 1.62. The second-order valence-electron chi connectivity index (χ2n) is 9.79. The summed E-state index contributed by atoms with van der Waals surface area (Å²) in [5, 5.41) is 0. The summed E-state index contributed by atoms with van der Waals surface area (Å²) in [5.41, 5.74) is 6.46. The van der Waals surface area contributed by atoms with Crippen LogP contribution in [0.2, 0.25) is 0 Å². The molecule has 0 heterocycles. The molecule has 0 aliphatic heterocycles. The Bertz CT molecular complexity index is 767. The summed E-state index contributed by atoms with van der Waals surface area (Å²) < 4.78 is 5.80. The van der Waals surface area contributed by atoms with Gasteiger partial charge in [-0.3, -0.25) is 0 Å². The zero-order valence-electron chi connectivity index (χ0n) is 20.3. The first-order valence-corrected chi connectivity index (χ1v) is 13.0. The Morgan fingerprint density at radius 3 is 2.23 bits per heavy atom. The average Bonchev–Trinajstić information content (AvgIpc) is 2.80. The molecular weight excluding hydrogens is 376 g/mol. The average molecular weight is 421 g/mol. The van der Waals surface area contributed by atoms with E-state index >= 15 is 0 Å². The molecule has 0 saturated heterocycles. The predicted molar refractivity (Wildman–Crippen MR) is 134 cm³/mol. The van der Waals surface area contributed by atoms with Crippen LogP contribution >= 0.6 is 0 Å². The zero-order valence-corrected chi connectivity index (χ0v) is 20.3. The quantitative estimate of drug-likeness (QED) is 0.312. The van der Waals surface area contributed by atoms with E-state index in [1.54, 1.807) is 5.56 Å². The lowest BCUT2D eigenvalue weighted by molar-refractivity contribution is 0.266. The van der Waals surface area contributed by atoms with Gasteiger partial charge in [0.25, 0.3) is 0 Å². The van der Waals surface area contributed by atoms with Gasteiger partial charge in [-0.05, 0) is 85.3 Å². The molecule has 1 heteroatoms. The third kappa shape index (κ3) is 6.86. The highest BCUT2D eigenvalue weighted by Crippen LogP contribution is 2.44. The van der Waals surface area contributed by atoms with E-state index in [0.29, 0.717) is 5.41 Å². The van der Waals surface area contributed by atoms with Gasteiger partial charge in [-0.15, -0.1) is 0 Å². The lowest BCUT2D eigenvalue weighted by Gasteiger charge is -2.38. The van der Waals surface area contributed by atoms with E-state index in [1.165, 1.54) is 80.9 Å². The fourth-order valence-corrected chi connectivity index (χ4v) is 5.30.